The Balaban J connectivity index is 1.83. The number of primary amides is 1. The highest BCUT2D eigenvalue weighted by molar-refractivity contribution is 5.93. The van der Waals surface area contributed by atoms with E-state index in [2.05, 4.69) is 10.6 Å². The fourth-order valence-corrected chi connectivity index (χ4v) is 4.02. The molecule has 9 heteroatoms. The Morgan fingerprint density at radius 3 is 1.84 bits per heavy atom. The molecule has 0 fully saturated rings. The summed E-state index contributed by atoms with van der Waals surface area (Å²) in [5.74, 6) is -2.52. The number of benzene rings is 2. The quantitative estimate of drug-likeness (QED) is 0.354. The van der Waals surface area contributed by atoms with Gasteiger partial charge in [-0.2, -0.15) is 0 Å². The standard InChI is InChI=1S/C28H32N4O5/c1-28(2,3)24(27(37)30-4)31-26(36)22(15-23(33)34)32-14-13-21(16-32)19-7-5-17(6-8-19)18-9-11-20(12-10-18)25(29)35/h5-14,16,22,24H,15H2,1-4H3,(H2,29,35)(H,30,37)(H,31,36)(H,33,34). The molecule has 0 aliphatic rings. The fourth-order valence-electron chi connectivity index (χ4n) is 4.02. The number of carboxylic acid groups (broad SMARTS) is 1. The third-order valence-electron chi connectivity index (χ3n) is 6.13. The van der Waals surface area contributed by atoms with Crippen LogP contribution in [0.1, 0.15) is 43.6 Å². The van der Waals surface area contributed by atoms with Crippen LogP contribution in [-0.2, 0) is 14.4 Å². The molecule has 1 aromatic heterocycles. The van der Waals surface area contributed by atoms with Gasteiger partial charge >= 0.3 is 5.97 Å². The summed E-state index contributed by atoms with van der Waals surface area (Å²) in [5.41, 5.74) is 8.72. The first-order chi connectivity index (χ1) is 17.4. The number of carbonyl (C=O) groups excluding carboxylic acids is 3. The molecule has 37 heavy (non-hydrogen) atoms. The van der Waals surface area contributed by atoms with Crippen LogP contribution in [0.2, 0.25) is 0 Å². The number of aliphatic carboxylic acids is 1. The highest BCUT2D eigenvalue weighted by atomic mass is 16.4. The maximum atomic E-state index is 13.2. The van der Waals surface area contributed by atoms with Gasteiger partial charge in [0.1, 0.15) is 12.1 Å². The van der Waals surface area contributed by atoms with Crippen molar-refractivity contribution in [2.45, 2.75) is 39.3 Å². The van der Waals surface area contributed by atoms with E-state index in [1.54, 1.807) is 35.2 Å². The molecule has 9 nitrogen and oxygen atoms in total. The summed E-state index contributed by atoms with van der Waals surface area (Å²) >= 11 is 0. The van der Waals surface area contributed by atoms with Crippen LogP contribution in [0.4, 0.5) is 0 Å². The van der Waals surface area contributed by atoms with Crippen LogP contribution in [0.25, 0.3) is 22.3 Å². The Hall–Kier alpha value is -4.40. The number of hydrogen-bond donors (Lipinski definition) is 4. The van der Waals surface area contributed by atoms with Crippen molar-refractivity contribution in [1.29, 1.82) is 0 Å². The monoisotopic (exact) mass is 504 g/mol. The first-order valence-electron chi connectivity index (χ1n) is 11.8. The largest absolute Gasteiger partial charge is 0.481 e. The van der Waals surface area contributed by atoms with Crippen molar-refractivity contribution in [3.8, 4) is 22.3 Å². The van der Waals surface area contributed by atoms with Crippen LogP contribution in [0.15, 0.2) is 67.0 Å². The predicted octanol–water partition coefficient (Wildman–Crippen LogP) is 3.21. The highest BCUT2D eigenvalue weighted by Crippen LogP contribution is 2.27. The smallest absolute Gasteiger partial charge is 0.306 e. The summed E-state index contributed by atoms with van der Waals surface area (Å²) in [4.78, 5) is 48.4. The number of amides is 3. The zero-order chi connectivity index (χ0) is 27.3. The molecule has 5 N–H and O–H groups in total. The lowest BCUT2D eigenvalue weighted by Gasteiger charge is -2.31. The summed E-state index contributed by atoms with van der Waals surface area (Å²) in [5, 5.41) is 14.7. The topological polar surface area (TPSA) is 144 Å². The van der Waals surface area contributed by atoms with Gasteiger partial charge in [0.05, 0.1) is 6.42 Å². The number of nitrogens with one attached hydrogen (secondary N) is 2. The summed E-state index contributed by atoms with van der Waals surface area (Å²) < 4.78 is 1.55. The van der Waals surface area contributed by atoms with Crippen molar-refractivity contribution in [1.82, 2.24) is 15.2 Å². The zero-order valence-electron chi connectivity index (χ0n) is 21.3. The van der Waals surface area contributed by atoms with E-state index in [1.165, 1.54) is 7.05 Å². The van der Waals surface area contributed by atoms with Crippen LogP contribution in [0.3, 0.4) is 0 Å². The minimum Gasteiger partial charge on any atom is -0.481 e. The zero-order valence-corrected chi connectivity index (χ0v) is 21.3. The Bertz CT molecular complexity index is 1290. The minimum absolute atomic E-state index is 0.354. The van der Waals surface area contributed by atoms with E-state index in [-0.39, 0.29) is 5.91 Å². The first kappa shape index (κ1) is 27.2. The Morgan fingerprint density at radius 1 is 0.865 bits per heavy atom. The molecule has 0 spiro atoms. The number of rotatable bonds is 9. The number of carboxylic acids is 1. The molecule has 3 amide bonds. The van der Waals surface area contributed by atoms with Gasteiger partial charge in [0.25, 0.3) is 0 Å². The van der Waals surface area contributed by atoms with Crippen LogP contribution >= 0.6 is 0 Å². The molecule has 0 bridgehead atoms. The van der Waals surface area contributed by atoms with Gasteiger partial charge in [-0.3, -0.25) is 19.2 Å². The molecule has 0 aliphatic heterocycles. The van der Waals surface area contributed by atoms with E-state index in [9.17, 15) is 24.3 Å². The van der Waals surface area contributed by atoms with Crippen LogP contribution < -0.4 is 16.4 Å². The van der Waals surface area contributed by atoms with Crippen LogP contribution in [-0.4, -0.2) is 46.5 Å². The van der Waals surface area contributed by atoms with Gasteiger partial charge in [-0.1, -0.05) is 57.2 Å². The number of aromatic nitrogens is 1. The molecule has 2 aromatic carbocycles. The molecule has 194 valence electrons. The van der Waals surface area contributed by atoms with E-state index in [0.29, 0.717) is 5.56 Å². The second-order valence-corrected chi connectivity index (χ2v) is 9.90. The number of likely N-dealkylation sites (N-methyl/N-ethyl adjacent to an activating group) is 1. The summed E-state index contributed by atoms with van der Waals surface area (Å²) in [7, 11) is 1.49. The minimum atomic E-state index is -1.13. The molecule has 0 saturated heterocycles. The number of nitrogens with two attached hydrogens (primary N) is 1. The normalized spacial score (nSPS) is 12.9. The lowest BCUT2D eigenvalue weighted by molar-refractivity contribution is -0.141. The van der Waals surface area contributed by atoms with Crippen molar-refractivity contribution >= 4 is 23.7 Å². The summed E-state index contributed by atoms with van der Waals surface area (Å²) in [6.07, 6.45) is 2.94. The van der Waals surface area contributed by atoms with E-state index >= 15 is 0 Å². The van der Waals surface area contributed by atoms with Gasteiger partial charge < -0.3 is 26.0 Å². The van der Waals surface area contributed by atoms with Crippen LogP contribution in [0.5, 0.6) is 0 Å². The predicted molar refractivity (Wildman–Crippen MR) is 141 cm³/mol. The molecule has 2 atom stereocenters. The van der Waals surface area contributed by atoms with E-state index in [0.717, 1.165) is 22.3 Å². The number of carbonyl (C=O) groups is 4. The maximum Gasteiger partial charge on any atom is 0.306 e. The van der Waals surface area contributed by atoms with Gasteiger partial charge in [0.15, 0.2) is 0 Å². The number of hydrogen-bond acceptors (Lipinski definition) is 4. The third kappa shape index (κ3) is 6.63. The molecular formula is C28H32N4O5. The van der Waals surface area contributed by atoms with E-state index in [4.69, 9.17) is 5.73 Å². The Kier molecular flexibility index (Phi) is 8.17. The molecule has 1 heterocycles. The maximum absolute atomic E-state index is 13.2. The van der Waals surface area contributed by atoms with Gasteiger partial charge in [-0.05, 0) is 45.9 Å². The molecule has 2 unspecified atom stereocenters. The molecule has 0 aliphatic carbocycles. The molecule has 3 rings (SSSR count). The van der Waals surface area contributed by atoms with Crippen molar-refractivity contribution in [2.24, 2.45) is 11.1 Å². The van der Waals surface area contributed by atoms with Crippen molar-refractivity contribution in [3.63, 3.8) is 0 Å². The second kappa shape index (κ2) is 11.1. The van der Waals surface area contributed by atoms with Crippen molar-refractivity contribution in [3.05, 3.63) is 72.6 Å². The average Bonchev–Trinajstić information content (AvgIpc) is 3.34. The highest BCUT2D eigenvalue weighted by Gasteiger charge is 2.35. The average molecular weight is 505 g/mol. The lowest BCUT2D eigenvalue weighted by atomic mass is 9.86. The number of nitrogens with zero attached hydrogens (tertiary/aromatic N) is 1. The molecular weight excluding hydrogens is 472 g/mol. The Labute approximate surface area is 215 Å². The first-order valence-corrected chi connectivity index (χ1v) is 11.8. The SMILES string of the molecule is CNC(=O)C(NC(=O)C(CC(=O)O)n1ccc(-c2ccc(-c3ccc(C(N)=O)cc3)cc2)c1)C(C)(C)C. The molecule has 0 radical (unpaired) electrons. The van der Waals surface area contributed by atoms with Gasteiger partial charge in [0.2, 0.25) is 17.7 Å². The third-order valence-corrected chi connectivity index (χ3v) is 6.13. The van der Waals surface area contributed by atoms with Crippen LogP contribution in [0, 0.1) is 5.41 Å². The molecule has 0 saturated carbocycles. The summed E-state index contributed by atoms with van der Waals surface area (Å²) in [6, 6.07) is 14.6. The van der Waals surface area contributed by atoms with Crippen molar-refractivity contribution in [2.75, 3.05) is 7.05 Å². The molecule has 3 aromatic rings. The van der Waals surface area contributed by atoms with Gasteiger partial charge in [-0.15, -0.1) is 0 Å². The van der Waals surface area contributed by atoms with Gasteiger partial charge in [0, 0.05) is 25.0 Å². The summed E-state index contributed by atoms with van der Waals surface area (Å²) in [6.45, 7) is 5.47. The fraction of sp³-hybridized carbons (Fsp3) is 0.286. The lowest BCUT2D eigenvalue weighted by Crippen LogP contribution is -2.54. The van der Waals surface area contributed by atoms with E-state index in [1.807, 2.05) is 57.2 Å². The second-order valence-electron chi connectivity index (χ2n) is 9.90. The van der Waals surface area contributed by atoms with Gasteiger partial charge in [-0.25, -0.2) is 0 Å². The Morgan fingerprint density at radius 2 is 1.38 bits per heavy atom. The van der Waals surface area contributed by atoms with Crippen molar-refractivity contribution < 1.29 is 24.3 Å². The van der Waals surface area contributed by atoms with E-state index < -0.39 is 41.7 Å².